The number of carbonyl (C=O) groups excluding carboxylic acids is 1. The molecule has 0 aliphatic carbocycles. The average Bonchev–Trinajstić information content (AvgIpc) is 1.98. The minimum Gasteiger partial charge on any atom is -0.463 e. The molecule has 1 N–H and O–H groups in total. The van der Waals surface area contributed by atoms with Gasteiger partial charge in [0.05, 0.1) is 7.45 Å². The Balaban J connectivity index is 4.43. The highest BCUT2D eigenvalue weighted by molar-refractivity contribution is 5.66. The second-order valence-electron chi connectivity index (χ2n) is 2.15. The predicted molar refractivity (Wildman–Crippen MR) is 42.2 cm³/mol. The zero-order chi connectivity index (χ0) is 11.4. The van der Waals surface area contributed by atoms with E-state index in [1.807, 2.05) is 0 Å². The number of aliphatic hydroxyl groups is 1. The van der Waals surface area contributed by atoms with Crippen molar-refractivity contribution in [2.24, 2.45) is 0 Å². The summed E-state index contributed by atoms with van der Waals surface area (Å²) in [6.45, 7) is 2.19. The van der Waals surface area contributed by atoms with Gasteiger partial charge in [0.25, 0.3) is 0 Å². The Morgan fingerprint density at radius 3 is 2.91 bits per heavy atom. The summed E-state index contributed by atoms with van der Waals surface area (Å²) >= 11 is 0. The highest BCUT2D eigenvalue weighted by atomic mass is 16.5. The molecule has 0 bridgehead atoms. The molecular formula is C8H16O3. The van der Waals surface area contributed by atoms with Crippen molar-refractivity contribution in [1.29, 1.82) is 0 Å². The van der Waals surface area contributed by atoms with Crippen LogP contribution >= 0.6 is 0 Å². The van der Waals surface area contributed by atoms with E-state index in [4.69, 9.17) is 9.22 Å². The molecule has 0 radical (unpaired) electrons. The van der Waals surface area contributed by atoms with Gasteiger partial charge in [0.1, 0.15) is 0 Å². The van der Waals surface area contributed by atoms with Crippen LogP contribution in [0, 0.1) is 0 Å². The van der Waals surface area contributed by atoms with Gasteiger partial charge >= 0.3 is 5.97 Å². The topological polar surface area (TPSA) is 46.5 Å². The van der Waals surface area contributed by atoms with E-state index in [1.165, 1.54) is 6.92 Å². The Bertz CT molecular complexity index is 204. The number of hydrogen-bond acceptors (Lipinski definition) is 3. The normalized spacial score (nSPS) is 20.8. The first-order chi connectivity index (χ1) is 6.23. The first-order valence-corrected chi connectivity index (χ1v) is 3.53. The van der Waals surface area contributed by atoms with E-state index >= 15 is 0 Å². The van der Waals surface area contributed by atoms with Gasteiger partial charge in [-0.15, -0.1) is 0 Å². The summed E-state index contributed by atoms with van der Waals surface area (Å²) in [5, 5.41) is 8.54. The first-order valence-electron chi connectivity index (χ1n) is 5.03. The van der Waals surface area contributed by atoms with Crippen LogP contribution in [0.4, 0.5) is 0 Å². The molecule has 0 unspecified atom stereocenters. The Labute approximate surface area is 71.6 Å². The van der Waals surface area contributed by atoms with Gasteiger partial charge in [0.2, 0.25) is 0 Å². The highest BCUT2D eigenvalue weighted by Gasteiger charge is 2.03. The average molecular weight is 163 g/mol. The van der Waals surface area contributed by atoms with Crippen molar-refractivity contribution in [1.82, 2.24) is 0 Å². The minimum absolute atomic E-state index is 0.0171. The fourth-order valence-corrected chi connectivity index (χ4v) is 0.595. The van der Waals surface area contributed by atoms with Gasteiger partial charge in [-0.25, -0.2) is 0 Å². The summed E-state index contributed by atoms with van der Waals surface area (Å²) in [7, 11) is 0. The highest BCUT2D eigenvalue weighted by Crippen LogP contribution is 2.03. The van der Waals surface area contributed by atoms with Crippen molar-refractivity contribution in [2.75, 3.05) is 6.61 Å². The van der Waals surface area contributed by atoms with Crippen molar-refractivity contribution >= 4 is 5.97 Å². The number of carbonyl (C=O) groups is 1. The zero-order valence-corrected chi connectivity index (χ0v) is 6.89. The van der Waals surface area contributed by atoms with Crippen LogP contribution in [0.1, 0.15) is 37.2 Å². The molecule has 1 atom stereocenters. The lowest BCUT2D eigenvalue weighted by atomic mass is 10.2. The molecule has 0 heterocycles. The molecule has 0 aliphatic heterocycles. The Kier molecular flexibility index (Phi) is 3.36. The van der Waals surface area contributed by atoms with Crippen LogP contribution < -0.4 is 0 Å². The zero-order valence-electron chi connectivity index (χ0n) is 9.89. The molecule has 0 fully saturated rings. The van der Waals surface area contributed by atoms with Gasteiger partial charge in [-0.1, -0.05) is 0 Å². The van der Waals surface area contributed by atoms with E-state index in [0.717, 1.165) is 6.92 Å². The lowest BCUT2D eigenvalue weighted by Gasteiger charge is -2.10. The van der Waals surface area contributed by atoms with E-state index in [9.17, 15) is 4.79 Å². The SMILES string of the molecule is [2H]C([2H])(CCCO)[C@]([2H])(C)OC(C)=O. The third kappa shape index (κ3) is 7.33. The predicted octanol–water partition coefficient (Wildman–Crippen LogP) is 1.10. The van der Waals surface area contributed by atoms with Crippen LogP contribution in [0.3, 0.4) is 0 Å². The number of aliphatic hydroxyl groups excluding tert-OH is 1. The summed E-state index contributed by atoms with van der Waals surface area (Å²) < 4.78 is 27.1. The largest absolute Gasteiger partial charge is 0.463 e. The molecule has 0 saturated heterocycles. The van der Waals surface area contributed by atoms with E-state index in [1.54, 1.807) is 0 Å². The van der Waals surface area contributed by atoms with Gasteiger partial charge in [-0.05, 0) is 26.1 Å². The van der Waals surface area contributed by atoms with Crippen LogP contribution in [-0.4, -0.2) is 23.8 Å². The number of ether oxygens (including phenoxy) is 1. The van der Waals surface area contributed by atoms with Crippen molar-refractivity contribution in [3.05, 3.63) is 0 Å². The molecule has 3 nitrogen and oxygen atoms in total. The van der Waals surface area contributed by atoms with Crippen molar-refractivity contribution in [3.8, 4) is 0 Å². The van der Waals surface area contributed by atoms with Crippen LogP contribution in [0.25, 0.3) is 0 Å². The molecule has 0 aromatic carbocycles. The lowest BCUT2D eigenvalue weighted by molar-refractivity contribution is -0.145. The molecule has 0 amide bonds. The second kappa shape index (κ2) is 6.16. The fourth-order valence-electron chi connectivity index (χ4n) is 0.595. The summed E-state index contributed by atoms with van der Waals surface area (Å²) in [5.74, 6) is -0.685. The van der Waals surface area contributed by atoms with E-state index in [0.29, 0.717) is 0 Å². The van der Waals surface area contributed by atoms with Gasteiger partial charge in [0, 0.05) is 16.3 Å². The van der Waals surface area contributed by atoms with Crippen LogP contribution in [-0.2, 0) is 9.53 Å². The van der Waals surface area contributed by atoms with E-state index < -0.39 is 18.4 Å². The summed E-state index contributed by atoms with van der Waals surface area (Å²) in [6.07, 6.45) is -3.64. The number of hydrogen-bond donors (Lipinski definition) is 1. The van der Waals surface area contributed by atoms with Crippen molar-refractivity contribution < 1.29 is 18.8 Å². The van der Waals surface area contributed by atoms with Crippen LogP contribution in [0.2, 0.25) is 0 Å². The van der Waals surface area contributed by atoms with Crippen LogP contribution in [0.5, 0.6) is 0 Å². The summed E-state index contributed by atoms with van der Waals surface area (Å²) in [6, 6.07) is 0. The molecule has 0 aliphatic rings. The number of esters is 1. The maximum absolute atomic E-state index is 10.6. The molecule has 0 rings (SSSR count). The number of rotatable bonds is 5. The lowest BCUT2D eigenvalue weighted by Crippen LogP contribution is -2.11. The molecule has 3 heteroatoms. The Morgan fingerprint density at radius 2 is 2.45 bits per heavy atom. The first kappa shape index (κ1) is 6.00. The van der Waals surface area contributed by atoms with Gasteiger partial charge < -0.3 is 9.84 Å². The van der Waals surface area contributed by atoms with Crippen LogP contribution in [0.15, 0.2) is 0 Å². The Hall–Kier alpha value is -0.570. The fraction of sp³-hybridized carbons (Fsp3) is 0.875. The van der Waals surface area contributed by atoms with Gasteiger partial charge in [0.15, 0.2) is 0 Å². The van der Waals surface area contributed by atoms with Crippen molar-refractivity contribution in [3.63, 3.8) is 0 Å². The van der Waals surface area contributed by atoms with E-state index in [2.05, 4.69) is 4.74 Å². The molecule has 66 valence electrons. The minimum atomic E-state index is -1.96. The van der Waals surface area contributed by atoms with Gasteiger partial charge in [-0.2, -0.15) is 0 Å². The molecule has 0 aromatic rings. The van der Waals surface area contributed by atoms with Gasteiger partial charge in [-0.3, -0.25) is 4.79 Å². The summed E-state index contributed by atoms with van der Waals surface area (Å²) in [5.41, 5.74) is 0. The van der Waals surface area contributed by atoms with E-state index in [-0.39, 0.29) is 19.4 Å². The molecule has 0 saturated carbocycles. The second-order valence-corrected chi connectivity index (χ2v) is 2.15. The molecule has 0 aromatic heterocycles. The van der Waals surface area contributed by atoms with Crippen molar-refractivity contribution in [2.45, 2.75) is 39.1 Å². The maximum atomic E-state index is 10.6. The third-order valence-electron chi connectivity index (χ3n) is 1.01. The molecular weight excluding hydrogens is 144 g/mol. The quantitative estimate of drug-likeness (QED) is 0.617. The third-order valence-corrected chi connectivity index (χ3v) is 1.01. The molecule has 11 heavy (non-hydrogen) atoms. The smallest absolute Gasteiger partial charge is 0.302 e. The Morgan fingerprint density at radius 1 is 1.82 bits per heavy atom. The summed E-state index contributed by atoms with van der Waals surface area (Å²) in [4.78, 5) is 10.6. The maximum Gasteiger partial charge on any atom is 0.302 e. The standard InChI is InChI=1S/C8H16O3/c1-7(11-8(2)10)5-3-4-6-9/h7,9H,3-6H2,1-2H3/t7-/m0/s1/i5D2,7D. The monoisotopic (exact) mass is 163 g/mol. The molecule has 0 spiro atoms.